The monoisotopic (exact) mass is 449 g/mol. The van der Waals surface area contributed by atoms with E-state index in [1.807, 2.05) is 42.5 Å². The van der Waals surface area contributed by atoms with Crippen LogP contribution in [0.15, 0.2) is 88.8 Å². The van der Waals surface area contributed by atoms with Crippen LogP contribution in [0.25, 0.3) is 21.8 Å². The Morgan fingerprint density at radius 3 is 1.44 bits per heavy atom. The van der Waals surface area contributed by atoms with Gasteiger partial charge in [0.1, 0.15) is 23.0 Å². The van der Waals surface area contributed by atoms with Crippen LogP contribution in [0.4, 0.5) is 11.4 Å². The van der Waals surface area contributed by atoms with E-state index in [-0.39, 0.29) is 23.0 Å². The zero-order chi connectivity index (χ0) is 23.7. The Balaban J connectivity index is 1.46. The number of rotatable bonds is 4. The molecule has 7 nitrogen and oxygen atoms in total. The fraction of sp³-hybridized carbons (Fsp3) is 0. The van der Waals surface area contributed by atoms with Crippen LogP contribution in [0.5, 0.6) is 23.0 Å². The number of aromatic nitrogens is 1. The van der Waals surface area contributed by atoms with Crippen LogP contribution >= 0.6 is 0 Å². The minimum absolute atomic E-state index is 0.0139. The lowest BCUT2D eigenvalue weighted by Gasteiger charge is -2.04. The number of pyridine rings is 1. The van der Waals surface area contributed by atoms with E-state index < -0.39 is 0 Å². The lowest BCUT2D eigenvalue weighted by Crippen LogP contribution is -1.85. The minimum atomic E-state index is -0.0534. The molecule has 0 aliphatic rings. The lowest BCUT2D eigenvalue weighted by atomic mass is 10.1. The van der Waals surface area contributed by atoms with E-state index in [4.69, 9.17) is 4.98 Å². The summed E-state index contributed by atoms with van der Waals surface area (Å²) in [4.78, 5) is 13.6. The van der Waals surface area contributed by atoms with Crippen molar-refractivity contribution < 1.29 is 20.4 Å². The summed E-state index contributed by atoms with van der Waals surface area (Å²) in [5, 5.41) is 40.6. The average Bonchev–Trinajstić information content (AvgIpc) is 2.81. The first-order chi connectivity index (χ1) is 16.4. The first-order valence-corrected chi connectivity index (χ1v) is 10.4. The molecule has 0 radical (unpaired) electrons. The van der Waals surface area contributed by atoms with Crippen molar-refractivity contribution in [2.45, 2.75) is 0 Å². The number of benzene rings is 4. The van der Waals surface area contributed by atoms with Crippen molar-refractivity contribution in [1.82, 2.24) is 4.98 Å². The number of nitrogens with zero attached hydrogens (tertiary/aromatic N) is 3. The molecule has 1 heterocycles. The molecule has 0 unspecified atom stereocenters. The maximum absolute atomic E-state index is 9.93. The molecule has 0 saturated carbocycles. The third-order valence-electron chi connectivity index (χ3n) is 5.31. The average molecular weight is 449 g/mol. The highest BCUT2D eigenvalue weighted by Gasteiger charge is 2.04. The number of phenols is 4. The molecule has 0 bridgehead atoms. The fourth-order valence-electron chi connectivity index (χ4n) is 3.53. The van der Waals surface area contributed by atoms with Crippen molar-refractivity contribution in [1.29, 1.82) is 0 Å². The molecule has 5 aromatic rings. The Morgan fingerprint density at radius 2 is 1.00 bits per heavy atom. The van der Waals surface area contributed by atoms with Crippen molar-refractivity contribution in [3.8, 4) is 23.0 Å². The highest BCUT2D eigenvalue weighted by molar-refractivity contribution is 5.96. The van der Waals surface area contributed by atoms with E-state index in [2.05, 4.69) is 9.98 Å². The van der Waals surface area contributed by atoms with E-state index in [9.17, 15) is 20.4 Å². The third kappa shape index (κ3) is 4.35. The van der Waals surface area contributed by atoms with E-state index >= 15 is 0 Å². The maximum atomic E-state index is 9.93. The molecule has 1 aromatic heterocycles. The van der Waals surface area contributed by atoms with Crippen molar-refractivity contribution in [2.75, 3.05) is 0 Å². The molecule has 34 heavy (non-hydrogen) atoms. The Labute approximate surface area is 194 Å². The van der Waals surface area contributed by atoms with Crippen LogP contribution in [-0.2, 0) is 0 Å². The van der Waals surface area contributed by atoms with Crippen LogP contribution in [0.3, 0.4) is 0 Å². The molecular weight excluding hydrogens is 430 g/mol. The van der Waals surface area contributed by atoms with Gasteiger partial charge in [0.05, 0.1) is 22.4 Å². The van der Waals surface area contributed by atoms with E-state index in [1.165, 1.54) is 36.7 Å². The molecule has 4 aromatic carbocycles. The van der Waals surface area contributed by atoms with Gasteiger partial charge in [-0.25, -0.2) is 4.98 Å². The lowest BCUT2D eigenvalue weighted by molar-refractivity contribution is 0.449. The summed E-state index contributed by atoms with van der Waals surface area (Å²) in [5.41, 5.74) is 3.84. The number of aliphatic imine (C=N–C) groups is 2. The largest absolute Gasteiger partial charge is 0.508 e. The number of hydrogen-bond acceptors (Lipinski definition) is 7. The van der Waals surface area contributed by atoms with Crippen molar-refractivity contribution in [3.63, 3.8) is 0 Å². The van der Waals surface area contributed by atoms with Gasteiger partial charge in [0, 0.05) is 46.5 Å². The first kappa shape index (κ1) is 21.0. The molecule has 0 saturated heterocycles. The SMILES string of the molecule is Oc1ccc(C=Nc2ccc3cc4ccc(N=Cc5ccc(O)cc5O)cc4nc3c2)c(O)c1. The molecule has 0 aliphatic carbocycles. The molecule has 0 atom stereocenters. The zero-order valence-electron chi connectivity index (χ0n) is 17.8. The second-order valence-corrected chi connectivity index (χ2v) is 7.75. The summed E-state index contributed by atoms with van der Waals surface area (Å²) < 4.78 is 0. The quantitative estimate of drug-likeness (QED) is 0.207. The predicted octanol–water partition coefficient (Wildman–Crippen LogP) is 5.71. The standard InChI is InChI=1S/C27H19N3O4/c31-22-7-3-18(26(33)12-22)14-28-20-5-1-16-9-17-2-6-21(11-25(17)30-24(16)10-20)29-15-19-4-8-23(32)13-27(19)34/h1-15,31-34H. The van der Waals surface area contributed by atoms with Crippen molar-refractivity contribution in [3.05, 3.63) is 90.0 Å². The van der Waals surface area contributed by atoms with Gasteiger partial charge in [0.25, 0.3) is 0 Å². The van der Waals surface area contributed by atoms with Crippen LogP contribution in [-0.4, -0.2) is 37.8 Å². The Kier molecular flexibility index (Phi) is 5.27. The predicted molar refractivity (Wildman–Crippen MR) is 133 cm³/mol. The fourth-order valence-corrected chi connectivity index (χ4v) is 3.53. The van der Waals surface area contributed by atoms with Gasteiger partial charge in [-0.2, -0.15) is 0 Å². The van der Waals surface area contributed by atoms with Gasteiger partial charge in [0.15, 0.2) is 0 Å². The topological polar surface area (TPSA) is 119 Å². The highest BCUT2D eigenvalue weighted by atomic mass is 16.3. The number of fused-ring (bicyclic) bond motifs is 2. The Morgan fingerprint density at radius 1 is 0.529 bits per heavy atom. The van der Waals surface area contributed by atoms with Gasteiger partial charge >= 0.3 is 0 Å². The van der Waals surface area contributed by atoms with Gasteiger partial charge in [-0.05, 0) is 54.6 Å². The molecule has 4 N–H and O–H groups in total. The van der Waals surface area contributed by atoms with E-state index in [0.717, 1.165) is 21.8 Å². The normalized spacial score (nSPS) is 11.8. The molecular formula is C27H19N3O4. The Hall–Kier alpha value is -4.91. The molecule has 7 heteroatoms. The number of phenolic OH excluding ortho intramolecular Hbond substituents is 4. The first-order valence-electron chi connectivity index (χ1n) is 10.4. The second kappa shape index (κ2) is 8.55. The third-order valence-corrected chi connectivity index (χ3v) is 5.31. The van der Waals surface area contributed by atoms with Crippen LogP contribution in [0, 0.1) is 0 Å². The summed E-state index contributed by atoms with van der Waals surface area (Å²) >= 11 is 0. The van der Waals surface area contributed by atoms with Crippen molar-refractivity contribution in [2.24, 2.45) is 9.98 Å². The van der Waals surface area contributed by atoms with Gasteiger partial charge in [-0.1, -0.05) is 12.1 Å². The molecule has 166 valence electrons. The van der Waals surface area contributed by atoms with Crippen LogP contribution < -0.4 is 0 Å². The Bertz CT molecular complexity index is 1490. The second-order valence-electron chi connectivity index (χ2n) is 7.75. The van der Waals surface area contributed by atoms with Crippen molar-refractivity contribution >= 4 is 45.6 Å². The zero-order valence-corrected chi connectivity index (χ0v) is 17.8. The highest BCUT2D eigenvalue weighted by Crippen LogP contribution is 2.28. The molecule has 0 fully saturated rings. The van der Waals surface area contributed by atoms with E-state index in [0.29, 0.717) is 22.5 Å². The molecule has 5 rings (SSSR count). The number of aromatic hydroxyl groups is 4. The summed E-state index contributed by atoms with van der Waals surface area (Å²) in [6.45, 7) is 0. The van der Waals surface area contributed by atoms with Gasteiger partial charge in [-0.3, -0.25) is 9.98 Å². The summed E-state index contributed by atoms with van der Waals surface area (Å²) in [6, 6.07) is 22.0. The van der Waals surface area contributed by atoms with Gasteiger partial charge in [0.2, 0.25) is 0 Å². The minimum Gasteiger partial charge on any atom is -0.508 e. The molecule has 0 aliphatic heterocycles. The van der Waals surface area contributed by atoms with Gasteiger partial charge < -0.3 is 20.4 Å². The summed E-state index contributed by atoms with van der Waals surface area (Å²) in [7, 11) is 0. The van der Waals surface area contributed by atoms with E-state index in [1.54, 1.807) is 12.1 Å². The smallest absolute Gasteiger partial charge is 0.128 e. The van der Waals surface area contributed by atoms with Crippen LogP contribution in [0.1, 0.15) is 11.1 Å². The van der Waals surface area contributed by atoms with Gasteiger partial charge in [-0.15, -0.1) is 0 Å². The summed E-state index contributed by atoms with van der Waals surface area (Å²) in [6.07, 6.45) is 3.06. The summed E-state index contributed by atoms with van der Waals surface area (Å²) in [5.74, 6) is -0.135. The number of hydrogen-bond donors (Lipinski definition) is 4. The molecule has 0 amide bonds. The molecule has 0 spiro atoms. The maximum Gasteiger partial charge on any atom is 0.128 e. The van der Waals surface area contributed by atoms with Crippen LogP contribution in [0.2, 0.25) is 0 Å².